The number of hydrogen-bond acceptors (Lipinski definition) is 4. The Balaban J connectivity index is 1.77. The van der Waals surface area contributed by atoms with E-state index in [9.17, 15) is 9.90 Å². The van der Waals surface area contributed by atoms with E-state index in [1.807, 2.05) is 36.0 Å². The van der Waals surface area contributed by atoms with Gasteiger partial charge in [-0.3, -0.25) is 9.69 Å². The summed E-state index contributed by atoms with van der Waals surface area (Å²) in [4.78, 5) is 21.3. The van der Waals surface area contributed by atoms with E-state index in [-0.39, 0.29) is 11.9 Å². The van der Waals surface area contributed by atoms with Crippen molar-refractivity contribution in [3.8, 4) is 0 Å². The van der Waals surface area contributed by atoms with Crippen molar-refractivity contribution in [3.63, 3.8) is 0 Å². The second-order valence-electron chi connectivity index (χ2n) is 6.14. The van der Waals surface area contributed by atoms with Gasteiger partial charge < -0.3 is 14.6 Å². The highest BCUT2D eigenvalue weighted by molar-refractivity contribution is 5.82. The van der Waals surface area contributed by atoms with E-state index in [1.54, 1.807) is 23.2 Å². The molecule has 0 aliphatic carbocycles. The second kappa shape index (κ2) is 7.15. The van der Waals surface area contributed by atoms with Crippen LogP contribution in [0.15, 0.2) is 42.7 Å². The Kier molecular flexibility index (Phi) is 4.97. The number of amides is 1. The van der Waals surface area contributed by atoms with Gasteiger partial charge in [0.25, 0.3) is 5.91 Å². The number of hydrogen-bond donors (Lipinski definition) is 1. The minimum Gasteiger partial charge on any atom is -0.378 e. The van der Waals surface area contributed by atoms with Crippen LogP contribution in [-0.2, 0) is 11.8 Å². The summed E-state index contributed by atoms with van der Waals surface area (Å²) in [6, 6.07) is 9.14. The maximum absolute atomic E-state index is 12.7. The van der Waals surface area contributed by atoms with E-state index in [0.717, 1.165) is 18.9 Å². The first-order valence-corrected chi connectivity index (χ1v) is 8.35. The quantitative estimate of drug-likeness (QED) is 0.920. The van der Waals surface area contributed by atoms with Crippen LogP contribution in [-0.4, -0.2) is 56.5 Å². The van der Waals surface area contributed by atoms with E-state index in [4.69, 9.17) is 0 Å². The molecule has 1 aliphatic heterocycles. The number of aryl methyl sites for hydroxylation is 1. The van der Waals surface area contributed by atoms with Gasteiger partial charge in [-0.05, 0) is 12.1 Å². The minimum atomic E-state index is -1.11. The first-order chi connectivity index (χ1) is 11.6. The summed E-state index contributed by atoms with van der Waals surface area (Å²) in [5.74, 6) is 0.708. The molecule has 0 spiro atoms. The summed E-state index contributed by atoms with van der Waals surface area (Å²) in [6.07, 6.45) is 2.59. The molecule has 128 valence electrons. The predicted octanol–water partition coefficient (Wildman–Crippen LogP) is 1.36. The second-order valence-corrected chi connectivity index (χ2v) is 6.14. The summed E-state index contributed by atoms with van der Waals surface area (Å²) in [7, 11) is 1.97. The predicted molar refractivity (Wildman–Crippen MR) is 91.2 cm³/mol. The number of imidazole rings is 1. The average Bonchev–Trinajstić information content (AvgIpc) is 3.06. The molecule has 1 fully saturated rings. The first kappa shape index (κ1) is 16.7. The van der Waals surface area contributed by atoms with Crippen molar-refractivity contribution in [2.24, 2.45) is 7.05 Å². The number of aromatic nitrogens is 2. The van der Waals surface area contributed by atoms with E-state index in [0.29, 0.717) is 18.7 Å². The Morgan fingerprint density at radius 1 is 1.33 bits per heavy atom. The van der Waals surface area contributed by atoms with Crippen molar-refractivity contribution in [2.45, 2.75) is 19.1 Å². The zero-order valence-corrected chi connectivity index (χ0v) is 14.2. The van der Waals surface area contributed by atoms with Gasteiger partial charge in [-0.25, -0.2) is 4.98 Å². The molecule has 2 heterocycles. The van der Waals surface area contributed by atoms with Crippen LogP contribution in [0, 0.1) is 0 Å². The molecule has 6 heteroatoms. The molecule has 0 saturated carbocycles. The molecule has 24 heavy (non-hydrogen) atoms. The summed E-state index contributed by atoms with van der Waals surface area (Å²) >= 11 is 0. The molecular formula is C18H24N4O2. The van der Waals surface area contributed by atoms with Crippen molar-refractivity contribution >= 4 is 5.91 Å². The SMILES string of the molecule is CCN1CCN(C(=O)[C@@H](O)c2ccccc2)C[C@@H]1c1nccn1C. The number of benzene rings is 1. The Labute approximate surface area is 142 Å². The third kappa shape index (κ3) is 3.20. The van der Waals surface area contributed by atoms with Crippen LogP contribution in [0.3, 0.4) is 0 Å². The number of likely N-dealkylation sites (N-methyl/N-ethyl adjacent to an activating group) is 1. The van der Waals surface area contributed by atoms with E-state index < -0.39 is 6.10 Å². The number of piperazine rings is 1. The molecule has 6 nitrogen and oxygen atoms in total. The Bertz CT molecular complexity index is 685. The van der Waals surface area contributed by atoms with Gasteiger partial charge in [-0.15, -0.1) is 0 Å². The topological polar surface area (TPSA) is 61.6 Å². The lowest BCUT2D eigenvalue weighted by atomic mass is 10.1. The van der Waals surface area contributed by atoms with E-state index >= 15 is 0 Å². The molecule has 2 atom stereocenters. The Morgan fingerprint density at radius 2 is 2.08 bits per heavy atom. The van der Waals surface area contributed by atoms with Gasteiger partial charge in [0.15, 0.2) is 6.10 Å². The summed E-state index contributed by atoms with van der Waals surface area (Å²) in [5, 5.41) is 10.4. The minimum absolute atomic E-state index is 0.0515. The van der Waals surface area contributed by atoms with Crippen molar-refractivity contribution in [1.82, 2.24) is 19.4 Å². The van der Waals surface area contributed by atoms with E-state index in [1.165, 1.54) is 0 Å². The fourth-order valence-corrected chi connectivity index (χ4v) is 3.29. The van der Waals surface area contributed by atoms with Gasteiger partial charge in [-0.2, -0.15) is 0 Å². The lowest BCUT2D eigenvalue weighted by Crippen LogP contribution is -2.52. The van der Waals surface area contributed by atoms with Crippen LogP contribution in [0.25, 0.3) is 0 Å². The van der Waals surface area contributed by atoms with E-state index in [2.05, 4.69) is 16.8 Å². The van der Waals surface area contributed by atoms with Crippen LogP contribution in [0.5, 0.6) is 0 Å². The highest BCUT2D eigenvalue weighted by atomic mass is 16.3. The van der Waals surface area contributed by atoms with Crippen LogP contribution in [0.1, 0.15) is 30.5 Å². The molecule has 2 aromatic rings. The van der Waals surface area contributed by atoms with Crippen molar-refractivity contribution in [3.05, 3.63) is 54.1 Å². The molecule has 0 radical (unpaired) electrons. The van der Waals surface area contributed by atoms with Crippen molar-refractivity contribution < 1.29 is 9.90 Å². The zero-order valence-electron chi connectivity index (χ0n) is 14.2. The Hall–Kier alpha value is -2.18. The average molecular weight is 328 g/mol. The fourth-order valence-electron chi connectivity index (χ4n) is 3.29. The number of carbonyl (C=O) groups is 1. The van der Waals surface area contributed by atoms with Crippen LogP contribution in [0.4, 0.5) is 0 Å². The Morgan fingerprint density at radius 3 is 2.71 bits per heavy atom. The molecule has 1 amide bonds. The number of carbonyl (C=O) groups excluding carboxylic acids is 1. The third-order valence-corrected chi connectivity index (χ3v) is 4.71. The van der Waals surface area contributed by atoms with Crippen LogP contribution < -0.4 is 0 Å². The van der Waals surface area contributed by atoms with Gasteiger partial charge in [0.2, 0.25) is 0 Å². The summed E-state index contributed by atoms with van der Waals surface area (Å²) < 4.78 is 1.99. The molecule has 1 saturated heterocycles. The third-order valence-electron chi connectivity index (χ3n) is 4.71. The van der Waals surface area contributed by atoms with Gasteiger partial charge in [0, 0.05) is 39.1 Å². The number of rotatable bonds is 4. The molecule has 1 aromatic carbocycles. The molecule has 0 unspecified atom stereocenters. The maximum atomic E-state index is 12.7. The van der Waals surface area contributed by atoms with Crippen molar-refractivity contribution in [2.75, 3.05) is 26.2 Å². The zero-order chi connectivity index (χ0) is 17.1. The lowest BCUT2D eigenvalue weighted by Gasteiger charge is -2.41. The summed E-state index contributed by atoms with van der Waals surface area (Å²) in [6.45, 7) is 4.97. The number of nitrogens with zero attached hydrogens (tertiary/aromatic N) is 4. The molecular weight excluding hydrogens is 304 g/mol. The van der Waals surface area contributed by atoms with Gasteiger partial charge in [-0.1, -0.05) is 37.3 Å². The molecule has 1 aromatic heterocycles. The normalized spacial score (nSPS) is 20.1. The number of aliphatic hydroxyl groups excluding tert-OH is 1. The molecule has 0 bridgehead atoms. The van der Waals surface area contributed by atoms with Gasteiger partial charge >= 0.3 is 0 Å². The highest BCUT2D eigenvalue weighted by Crippen LogP contribution is 2.26. The molecule has 1 N–H and O–H groups in total. The highest BCUT2D eigenvalue weighted by Gasteiger charge is 2.34. The number of aliphatic hydroxyl groups is 1. The monoisotopic (exact) mass is 328 g/mol. The maximum Gasteiger partial charge on any atom is 0.256 e. The lowest BCUT2D eigenvalue weighted by molar-refractivity contribution is -0.143. The van der Waals surface area contributed by atoms with Crippen molar-refractivity contribution in [1.29, 1.82) is 0 Å². The van der Waals surface area contributed by atoms with Crippen LogP contribution in [0.2, 0.25) is 0 Å². The standard InChI is InChI=1S/C18H24N4O2/c1-3-21-11-12-22(13-15(21)17-19-9-10-20(17)2)18(24)16(23)14-7-5-4-6-8-14/h4-10,15-16,23H,3,11-13H2,1-2H3/t15-,16+/m1/s1. The first-order valence-electron chi connectivity index (χ1n) is 8.35. The smallest absolute Gasteiger partial charge is 0.256 e. The summed E-state index contributed by atoms with van der Waals surface area (Å²) in [5.41, 5.74) is 0.633. The van der Waals surface area contributed by atoms with Gasteiger partial charge in [0.1, 0.15) is 5.82 Å². The largest absolute Gasteiger partial charge is 0.378 e. The molecule has 3 rings (SSSR count). The van der Waals surface area contributed by atoms with Crippen LogP contribution >= 0.6 is 0 Å². The molecule has 1 aliphatic rings. The van der Waals surface area contributed by atoms with Gasteiger partial charge in [0.05, 0.1) is 6.04 Å². The fraction of sp³-hybridized carbons (Fsp3) is 0.444.